The number of carbonyl (C=O) groups is 1. The summed E-state index contributed by atoms with van der Waals surface area (Å²) in [6.45, 7) is 0. The molecule has 3 aromatic rings. The van der Waals surface area contributed by atoms with Gasteiger partial charge in [-0.05, 0) is 42.5 Å². The van der Waals surface area contributed by atoms with E-state index in [0.29, 0.717) is 33.9 Å². The summed E-state index contributed by atoms with van der Waals surface area (Å²) in [4.78, 5) is 15.8. The van der Waals surface area contributed by atoms with Gasteiger partial charge in [0, 0.05) is 22.2 Å². The number of alkyl halides is 3. The first-order valence-corrected chi connectivity index (χ1v) is 8.82. The summed E-state index contributed by atoms with van der Waals surface area (Å²) in [5, 5.41) is 3.22. The number of nitrogens with one attached hydrogen (secondary N) is 1. The fraction of sp³-hybridized carbons (Fsp3) is 0.111. The number of nitrogens with zero attached hydrogens (tertiary/aromatic N) is 1. The first kappa shape index (κ1) is 19.2. The van der Waals surface area contributed by atoms with E-state index >= 15 is 0 Å². The molecule has 0 unspecified atom stereocenters. The summed E-state index contributed by atoms with van der Waals surface area (Å²) >= 11 is 6.67. The van der Waals surface area contributed by atoms with Crippen LogP contribution in [0.15, 0.2) is 47.8 Å². The number of hydrogen-bond donors (Lipinski definition) is 1. The monoisotopic (exact) mass is 412 g/mol. The van der Waals surface area contributed by atoms with Crippen LogP contribution in [0.1, 0.15) is 15.4 Å². The molecule has 0 saturated heterocycles. The van der Waals surface area contributed by atoms with Gasteiger partial charge in [-0.2, -0.15) is 13.2 Å². The number of hydrogen-bond acceptors (Lipinski definition) is 4. The Bertz CT molecular complexity index is 971. The molecule has 0 saturated carbocycles. The van der Waals surface area contributed by atoms with E-state index in [1.54, 1.807) is 30.3 Å². The minimum Gasteiger partial charge on any atom is -0.497 e. The molecule has 4 nitrogen and oxygen atoms in total. The highest BCUT2D eigenvalue weighted by Crippen LogP contribution is 2.36. The Morgan fingerprint density at radius 1 is 1.19 bits per heavy atom. The second-order valence-corrected chi connectivity index (χ2v) is 6.68. The molecule has 0 aliphatic heterocycles. The van der Waals surface area contributed by atoms with E-state index in [1.807, 2.05) is 0 Å². The maximum atomic E-state index is 12.7. The van der Waals surface area contributed by atoms with Gasteiger partial charge in [-0.3, -0.25) is 4.79 Å². The molecule has 1 aromatic heterocycles. The second-order valence-electron chi connectivity index (χ2n) is 5.41. The van der Waals surface area contributed by atoms with Gasteiger partial charge < -0.3 is 10.1 Å². The van der Waals surface area contributed by atoms with Gasteiger partial charge in [-0.15, -0.1) is 11.3 Å². The Morgan fingerprint density at radius 2 is 1.89 bits per heavy atom. The highest BCUT2D eigenvalue weighted by atomic mass is 35.5. The molecule has 0 bridgehead atoms. The van der Waals surface area contributed by atoms with Crippen LogP contribution in [0, 0.1) is 0 Å². The summed E-state index contributed by atoms with van der Waals surface area (Å²) in [7, 11) is 1.53. The molecule has 1 amide bonds. The van der Waals surface area contributed by atoms with Gasteiger partial charge in [0.25, 0.3) is 5.91 Å². The average Bonchev–Trinajstić information content (AvgIpc) is 3.12. The maximum absolute atomic E-state index is 12.7. The standard InChI is InChI=1S/C18H12ClF3N2O2S/c1-26-12-5-2-10(3-6-12)16(25)23-11-4-7-13(14(19)8-11)15-9-27-17(24-15)18(20,21)22/h2-9H,1H3,(H,23,25). The quantitative estimate of drug-likeness (QED) is 0.594. The molecule has 0 radical (unpaired) electrons. The molecular weight excluding hydrogens is 401 g/mol. The van der Waals surface area contributed by atoms with E-state index in [4.69, 9.17) is 16.3 Å². The first-order valence-electron chi connectivity index (χ1n) is 7.56. The van der Waals surface area contributed by atoms with E-state index in [1.165, 1.54) is 24.6 Å². The van der Waals surface area contributed by atoms with Crippen molar-refractivity contribution in [1.82, 2.24) is 4.98 Å². The van der Waals surface area contributed by atoms with Gasteiger partial charge in [-0.1, -0.05) is 11.6 Å². The van der Waals surface area contributed by atoms with Crippen molar-refractivity contribution in [3.63, 3.8) is 0 Å². The van der Waals surface area contributed by atoms with Crippen LogP contribution < -0.4 is 10.1 Å². The molecule has 140 valence electrons. The van der Waals surface area contributed by atoms with Crippen LogP contribution in [-0.4, -0.2) is 18.0 Å². The van der Waals surface area contributed by atoms with Crippen LogP contribution in [0.25, 0.3) is 11.3 Å². The third kappa shape index (κ3) is 4.40. The smallest absolute Gasteiger partial charge is 0.443 e. The van der Waals surface area contributed by atoms with Gasteiger partial charge in [0.1, 0.15) is 5.75 Å². The number of methoxy groups -OCH3 is 1. The van der Waals surface area contributed by atoms with Crippen LogP contribution >= 0.6 is 22.9 Å². The van der Waals surface area contributed by atoms with E-state index in [0.717, 1.165) is 0 Å². The number of ether oxygens (including phenoxy) is 1. The zero-order chi connectivity index (χ0) is 19.6. The number of thiazole rings is 1. The summed E-state index contributed by atoms with van der Waals surface area (Å²) in [5.74, 6) is 0.273. The summed E-state index contributed by atoms with van der Waals surface area (Å²) in [6, 6.07) is 11.1. The van der Waals surface area contributed by atoms with Gasteiger partial charge in [-0.25, -0.2) is 4.98 Å². The van der Waals surface area contributed by atoms with Crippen molar-refractivity contribution in [2.45, 2.75) is 6.18 Å². The molecule has 3 rings (SSSR count). The number of anilines is 1. The van der Waals surface area contributed by atoms with Gasteiger partial charge >= 0.3 is 6.18 Å². The Morgan fingerprint density at radius 3 is 2.44 bits per heavy atom. The van der Waals surface area contributed by atoms with E-state index in [2.05, 4.69) is 10.3 Å². The lowest BCUT2D eigenvalue weighted by Crippen LogP contribution is -2.11. The molecule has 9 heteroatoms. The SMILES string of the molecule is COc1ccc(C(=O)Nc2ccc(-c3csc(C(F)(F)F)n3)c(Cl)c2)cc1. The Labute approximate surface area is 161 Å². The summed E-state index contributed by atoms with van der Waals surface area (Å²) in [5.41, 5.74) is 1.32. The Kier molecular flexibility index (Phi) is 5.38. The van der Waals surface area contributed by atoms with Crippen molar-refractivity contribution in [2.24, 2.45) is 0 Å². The zero-order valence-corrected chi connectivity index (χ0v) is 15.4. The number of amides is 1. The fourth-order valence-corrected chi connectivity index (χ4v) is 3.24. The van der Waals surface area contributed by atoms with Crippen LogP contribution in [0.3, 0.4) is 0 Å². The average molecular weight is 413 g/mol. The second kappa shape index (κ2) is 7.58. The van der Waals surface area contributed by atoms with E-state index in [-0.39, 0.29) is 16.6 Å². The molecule has 1 heterocycles. The number of rotatable bonds is 4. The highest BCUT2D eigenvalue weighted by molar-refractivity contribution is 7.10. The number of carbonyl (C=O) groups excluding carboxylic acids is 1. The zero-order valence-electron chi connectivity index (χ0n) is 13.8. The molecule has 0 aliphatic rings. The van der Waals surface area contributed by atoms with Crippen LogP contribution in [0.5, 0.6) is 5.75 Å². The molecule has 0 spiro atoms. The highest BCUT2D eigenvalue weighted by Gasteiger charge is 2.34. The molecule has 1 N–H and O–H groups in total. The maximum Gasteiger partial charge on any atom is 0.443 e. The minimum atomic E-state index is -4.50. The van der Waals surface area contributed by atoms with E-state index in [9.17, 15) is 18.0 Å². The number of benzene rings is 2. The van der Waals surface area contributed by atoms with Crippen molar-refractivity contribution >= 4 is 34.5 Å². The van der Waals surface area contributed by atoms with Crippen molar-refractivity contribution < 1.29 is 22.7 Å². The summed E-state index contributed by atoms with van der Waals surface area (Å²) in [6.07, 6.45) is -4.50. The third-order valence-corrected chi connectivity index (χ3v) is 4.80. The molecular formula is C18H12ClF3N2O2S. The molecule has 0 fully saturated rings. The molecule has 2 aromatic carbocycles. The van der Waals surface area contributed by atoms with E-state index < -0.39 is 11.2 Å². The first-order chi connectivity index (χ1) is 12.8. The Balaban J connectivity index is 1.78. The molecule has 0 atom stereocenters. The summed E-state index contributed by atoms with van der Waals surface area (Å²) < 4.78 is 43.1. The van der Waals surface area contributed by atoms with Gasteiger partial charge in [0.15, 0.2) is 5.01 Å². The minimum absolute atomic E-state index is 0.130. The van der Waals surface area contributed by atoms with Crippen molar-refractivity contribution in [2.75, 3.05) is 12.4 Å². The normalized spacial score (nSPS) is 11.3. The lowest BCUT2D eigenvalue weighted by molar-refractivity contribution is -0.137. The van der Waals surface area contributed by atoms with Gasteiger partial charge in [0.05, 0.1) is 17.8 Å². The predicted octanol–water partition coefficient (Wildman–Crippen LogP) is 5.74. The van der Waals surface area contributed by atoms with Crippen molar-refractivity contribution in [3.05, 3.63) is 63.4 Å². The van der Waals surface area contributed by atoms with Crippen LogP contribution in [0.2, 0.25) is 5.02 Å². The molecule has 0 aliphatic carbocycles. The van der Waals surface area contributed by atoms with Crippen molar-refractivity contribution in [1.29, 1.82) is 0 Å². The van der Waals surface area contributed by atoms with Crippen molar-refractivity contribution in [3.8, 4) is 17.0 Å². The van der Waals surface area contributed by atoms with Crippen LogP contribution in [0.4, 0.5) is 18.9 Å². The number of halogens is 4. The largest absolute Gasteiger partial charge is 0.497 e. The van der Waals surface area contributed by atoms with Gasteiger partial charge in [0.2, 0.25) is 0 Å². The lowest BCUT2D eigenvalue weighted by Gasteiger charge is -2.08. The lowest BCUT2D eigenvalue weighted by atomic mass is 10.1. The Hall–Kier alpha value is -2.58. The predicted molar refractivity (Wildman–Crippen MR) is 98.5 cm³/mol. The fourth-order valence-electron chi connectivity index (χ4n) is 2.27. The topological polar surface area (TPSA) is 51.2 Å². The molecule has 27 heavy (non-hydrogen) atoms. The van der Waals surface area contributed by atoms with Crippen LogP contribution in [-0.2, 0) is 6.18 Å². The third-order valence-electron chi connectivity index (χ3n) is 3.60. The number of aromatic nitrogens is 1.